The summed E-state index contributed by atoms with van der Waals surface area (Å²) in [5.41, 5.74) is 9.43. The van der Waals surface area contributed by atoms with E-state index in [1.165, 1.54) is 11.3 Å². The molecular weight excluding hydrogens is 308 g/mol. The summed E-state index contributed by atoms with van der Waals surface area (Å²) in [6.45, 7) is 0. The molecular formula is C18H18N2O2S. The Morgan fingerprint density at radius 2 is 1.83 bits per heavy atom. The Labute approximate surface area is 135 Å². The molecule has 2 aromatic carbocycles. The van der Waals surface area contributed by atoms with Crippen molar-refractivity contribution >= 4 is 20.7 Å². The Bertz CT molecular complexity index is 975. The number of hydrogen-bond donors (Lipinski definition) is 2. The molecule has 3 N–H and O–H groups in total. The quantitative estimate of drug-likeness (QED) is 0.760. The van der Waals surface area contributed by atoms with Crippen LogP contribution >= 0.6 is 0 Å². The third-order valence-corrected chi connectivity index (χ3v) is 6.33. The Hall–Kier alpha value is -2.11. The number of benzene rings is 2. The van der Waals surface area contributed by atoms with E-state index in [4.69, 9.17) is 5.73 Å². The van der Waals surface area contributed by atoms with Gasteiger partial charge >= 0.3 is 0 Å². The fraction of sp³-hybridized carbons (Fsp3) is 0.222. The number of aromatic nitrogens is 1. The molecule has 23 heavy (non-hydrogen) atoms. The topological polar surface area (TPSA) is 76.0 Å². The Morgan fingerprint density at radius 1 is 1.04 bits per heavy atom. The lowest BCUT2D eigenvalue weighted by Gasteiger charge is -2.18. The van der Waals surface area contributed by atoms with Crippen molar-refractivity contribution in [3.63, 3.8) is 0 Å². The van der Waals surface area contributed by atoms with Crippen molar-refractivity contribution in [3.05, 3.63) is 59.8 Å². The molecule has 4 nitrogen and oxygen atoms in total. The zero-order valence-corrected chi connectivity index (χ0v) is 13.4. The Balaban J connectivity index is 1.88. The average molecular weight is 326 g/mol. The zero-order chi connectivity index (χ0) is 16.0. The van der Waals surface area contributed by atoms with E-state index in [0.717, 1.165) is 30.2 Å². The summed E-state index contributed by atoms with van der Waals surface area (Å²) < 4.78 is 25.6. The maximum absolute atomic E-state index is 12.8. The van der Waals surface area contributed by atoms with E-state index in [9.17, 15) is 8.42 Å². The number of rotatable bonds is 2. The van der Waals surface area contributed by atoms with Crippen LogP contribution in [0.25, 0.3) is 10.9 Å². The number of fused-ring (bicyclic) bond motifs is 3. The van der Waals surface area contributed by atoms with Gasteiger partial charge in [0.15, 0.2) is 0 Å². The van der Waals surface area contributed by atoms with Gasteiger partial charge in [-0.05, 0) is 55.2 Å². The second-order valence-electron chi connectivity index (χ2n) is 6.11. The van der Waals surface area contributed by atoms with Gasteiger partial charge in [-0.2, -0.15) is 0 Å². The molecule has 1 atom stereocenters. The minimum atomic E-state index is -3.49. The van der Waals surface area contributed by atoms with Gasteiger partial charge in [-0.15, -0.1) is 0 Å². The molecule has 1 aliphatic carbocycles. The number of nitrogens with two attached hydrogens (primary N) is 1. The smallest absolute Gasteiger partial charge is 0.206 e. The molecule has 0 saturated heterocycles. The van der Waals surface area contributed by atoms with Crippen molar-refractivity contribution < 1.29 is 8.42 Å². The van der Waals surface area contributed by atoms with Gasteiger partial charge in [-0.1, -0.05) is 18.2 Å². The summed E-state index contributed by atoms with van der Waals surface area (Å²) in [5.74, 6) is 0. The molecule has 1 aliphatic rings. The maximum Gasteiger partial charge on any atom is 0.206 e. The predicted molar refractivity (Wildman–Crippen MR) is 90.2 cm³/mol. The molecule has 0 amide bonds. The molecule has 0 aliphatic heterocycles. The number of H-pyrrole nitrogens is 1. The number of sulfone groups is 1. The number of hydrogen-bond acceptors (Lipinski definition) is 3. The minimum Gasteiger partial charge on any atom is -0.358 e. The van der Waals surface area contributed by atoms with Crippen LogP contribution in [0, 0.1) is 0 Å². The highest BCUT2D eigenvalue weighted by atomic mass is 32.2. The summed E-state index contributed by atoms with van der Waals surface area (Å²) >= 11 is 0. The predicted octanol–water partition coefficient (Wildman–Crippen LogP) is 2.82. The monoisotopic (exact) mass is 326 g/mol. The van der Waals surface area contributed by atoms with Gasteiger partial charge in [0, 0.05) is 22.6 Å². The van der Waals surface area contributed by atoms with Crippen LogP contribution in [0.3, 0.4) is 0 Å². The Morgan fingerprint density at radius 3 is 2.61 bits per heavy atom. The lowest BCUT2D eigenvalue weighted by Crippen LogP contribution is -2.27. The molecule has 4 rings (SSSR count). The first-order chi connectivity index (χ1) is 11.1. The van der Waals surface area contributed by atoms with Crippen molar-refractivity contribution in [1.29, 1.82) is 0 Å². The number of aryl methyl sites for hydroxylation is 1. The zero-order valence-electron chi connectivity index (χ0n) is 12.6. The van der Waals surface area contributed by atoms with Crippen LogP contribution < -0.4 is 5.73 Å². The van der Waals surface area contributed by atoms with E-state index in [2.05, 4.69) is 4.98 Å². The second kappa shape index (κ2) is 5.22. The second-order valence-corrected chi connectivity index (χ2v) is 8.06. The highest BCUT2D eigenvalue weighted by molar-refractivity contribution is 7.91. The Kier molecular flexibility index (Phi) is 3.28. The van der Waals surface area contributed by atoms with E-state index in [1.54, 1.807) is 36.4 Å². The van der Waals surface area contributed by atoms with E-state index in [-0.39, 0.29) is 6.04 Å². The van der Waals surface area contributed by atoms with Gasteiger partial charge in [0.25, 0.3) is 0 Å². The van der Waals surface area contributed by atoms with Gasteiger partial charge in [-0.25, -0.2) is 8.42 Å². The summed E-state index contributed by atoms with van der Waals surface area (Å²) in [4.78, 5) is 4.06. The molecule has 3 aromatic rings. The lowest BCUT2D eigenvalue weighted by atomic mass is 9.92. The van der Waals surface area contributed by atoms with Crippen LogP contribution in [-0.2, 0) is 22.7 Å². The van der Waals surface area contributed by atoms with E-state index >= 15 is 0 Å². The first-order valence-electron chi connectivity index (χ1n) is 7.75. The van der Waals surface area contributed by atoms with Crippen LogP contribution in [0.1, 0.15) is 17.7 Å². The average Bonchev–Trinajstić information content (AvgIpc) is 2.93. The minimum absolute atomic E-state index is 0.149. The maximum atomic E-state index is 12.8. The summed E-state index contributed by atoms with van der Waals surface area (Å²) in [5, 5.41) is 0.979. The van der Waals surface area contributed by atoms with Gasteiger partial charge in [0.1, 0.15) is 0 Å². The van der Waals surface area contributed by atoms with Gasteiger partial charge in [-0.3, -0.25) is 0 Å². The van der Waals surface area contributed by atoms with Gasteiger partial charge < -0.3 is 10.7 Å². The molecule has 0 spiro atoms. The van der Waals surface area contributed by atoms with E-state index in [0.29, 0.717) is 9.79 Å². The van der Waals surface area contributed by atoms with Crippen molar-refractivity contribution in [1.82, 2.24) is 4.98 Å². The molecule has 1 aromatic heterocycles. The molecule has 0 saturated carbocycles. The van der Waals surface area contributed by atoms with Crippen LogP contribution in [0.5, 0.6) is 0 Å². The molecule has 1 unspecified atom stereocenters. The van der Waals surface area contributed by atoms with Gasteiger partial charge in [0.2, 0.25) is 9.84 Å². The van der Waals surface area contributed by atoms with Crippen molar-refractivity contribution in [3.8, 4) is 0 Å². The first-order valence-corrected chi connectivity index (χ1v) is 9.23. The number of aromatic amines is 1. The molecule has 0 fully saturated rings. The van der Waals surface area contributed by atoms with Crippen LogP contribution in [0.4, 0.5) is 0 Å². The van der Waals surface area contributed by atoms with Crippen molar-refractivity contribution in [2.24, 2.45) is 5.73 Å². The third-order valence-electron chi connectivity index (χ3n) is 4.56. The molecule has 1 heterocycles. The van der Waals surface area contributed by atoms with Crippen LogP contribution in [0.2, 0.25) is 0 Å². The normalized spacial score (nSPS) is 18.0. The number of nitrogens with one attached hydrogen (secondary N) is 1. The molecule has 118 valence electrons. The highest BCUT2D eigenvalue weighted by Gasteiger charge is 2.23. The summed E-state index contributed by atoms with van der Waals surface area (Å²) in [6.07, 6.45) is 2.69. The van der Waals surface area contributed by atoms with Crippen molar-refractivity contribution in [2.45, 2.75) is 35.1 Å². The molecule has 5 heteroatoms. The standard InChI is InChI=1S/C18H18N2O2S/c19-12-6-8-17-15(10-12)16-11-14(7-9-18(16)20-17)23(21,22)13-4-2-1-3-5-13/h1-5,7,9,11-12,20H,6,8,10,19H2. The van der Waals surface area contributed by atoms with Gasteiger partial charge in [0.05, 0.1) is 9.79 Å². The fourth-order valence-corrected chi connectivity index (χ4v) is 4.63. The SMILES string of the molecule is NC1CCc2[nH]c3ccc(S(=O)(=O)c4ccccc4)cc3c2C1. The highest BCUT2D eigenvalue weighted by Crippen LogP contribution is 2.31. The lowest BCUT2D eigenvalue weighted by molar-refractivity contribution is 0.574. The summed E-state index contributed by atoms with van der Waals surface area (Å²) in [6, 6.07) is 14.0. The molecule has 0 bridgehead atoms. The van der Waals surface area contributed by atoms with E-state index < -0.39 is 9.84 Å². The van der Waals surface area contributed by atoms with Crippen LogP contribution in [-0.4, -0.2) is 19.4 Å². The largest absolute Gasteiger partial charge is 0.358 e. The van der Waals surface area contributed by atoms with E-state index in [1.807, 2.05) is 12.1 Å². The third kappa shape index (κ3) is 2.36. The first kappa shape index (κ1) is 14.5. The van der Waals surface area contributed by atoms with Crippen molar-refractivity contribution in [2.75, 3.05) is 0 Å². The van der Waals surface area contributed by atoms with Crippen LogP contribution in [0.15, 0.2) is 58.3 Å². The summed E-state index contributed by atoms with van der Waals surface area (Å²) in [7, 11) is -3.49. The molecule has 0 radical (unpaired) electrons. The fourth-order valence-electron chi connectivity index (χ4n) is 3.33.